The van der Waals surface area contributed by atoms with Crippen molar-refractivity contribution in [3.63, 3.8) is 0 Å². The Kier molecular flexibility index (Phi) is 3.49. The maximum absolute atomic E-state index is 10.8. The minimum atomic E-state index is -0.538. The van der Waals surface area contributed by atoms with Crippen LogP contribution >= 0.6 is 0 Å². The van der Waals surface area contributed by atoms with E-state index in [4.69, 9.17) is 10.5 Å². The third-order valence-electron chi connectivity index (χ3n) is 2.82. The second kappa shape index (κ2) is 5.05. The van der Waals surface area contributed by atoms with Crippen LogP contribution in [0.3, 0.4) is 0 Å². The SMILES string of the molecule is Cc1cc(NC(N)=O)ccc1N1CCOCC1. The lowest BCUT2D eigenvalue weighted by molar-refractivity contribution is 0.122. The summed E-state index contributed by atoms with van der Waals surface area (Å²) in [7, 11) is 0. The van der Waals surface area contributed by atoms with Gasteiger partial charge in [0.1, 0.15) is 0 Å². The molecule has 0 aromatic heterocycles. The standard InChI is InChI=1S/C12H17N3O2/c1-9-8-10(14-12(13)16)2-3-11(9)15-4-6-17-7-5-15/h2-3,8H,4-7H2,1H3,(H3,13,14,16). The number of carbonyl (C=O) groups excluding carboxylic acids is 1. The number of ether oxygens (including phenoxy) is 1. The van der Waals surface area contributed by atoms with E-state index in [0.29, 0.717) is 0 Å². The number of urea groups is 1. The Labute approximate surface area is 101 Å². The number of hydrogen-bond acceptors (Lipinski definition) is 3. The van der Waals surface area contributed by atoms with Gasteiger partial charge in [0.2, 0.25) is 0 Å². The summed E-state index contributed by atoms with van der Waals surface area (Å²) in [5, 5.41) is 2.57. The number of hydrogen-bond donors (Lipinski definition) is 2. The molecule has 1 fully saturated rings. The van der Waals surface area contributed by atoms with Crippen LogP contribution in [-0.4, -0.2) is 32.3 Å². The molecule has 1 aliphatic rings. The summed E-state index contributed by atoms with van der Waals surface area (Å²) in [6.45, 7) is 5.37. The number of carbonyl (C=O) groups is 1. The zero-order chi connectivity index (χ0) is 12.3. The van der Waals surface area contributed by atoms with Gasteiger partial charge in [-0.2, -0.15) is 0 Å². The van der Waals surface area contributed by atoms with E-state index in [1.807, 2.05) is 25.1 Å². The number of aryl methyl sites for hydroxylation is 1. The van der Waals surface area contributed by atoms with Crippen LogP contribution in [0.2, 0.25) is 0 Å². The molecule has 0 spiro atoms. The number of rotatable bonds is 2. The van der Waals surface area contributed by atoms with E-state index >= 15 is 0 Å². The van der Waals surface area contributed by atoms with Crippen LogP contribution in [-0.2, 0) is 4.74 Å². The summed E-state index contributed by atoms with van der Waals surface area (Å²) >= 11 is 0. The number of amides is 2. The quantitative estimate of drug-likeness (QED) is 0.812. The predicted molar refractivity (Wildman–Crippen MR) is 67.4 cm³/mol. The zero-order valence-corrected chi connectivity index (χ0v) is 9.90. The molecule has 0 radical (unpaired) electrons. The zero-order valence-electron chi connectivity index (χ0n) is 9.90. The Morgan fingerprint density at radius 2 is 2.12 bits per heavy atom. The third kappa shape index (κ3) is 2.88. The lowest BCUT2D eigenvalue weighted by Crippen LogP contribution is -2.36. The molecule has 5 heteroatoms. The summed E-state index contributed by atoms with van der Waals surface area (Å²) < 4.78 is 5.32. The van der Waals surface area contributed by atoms with Crippen molar-refractivity contribution in [2.75, 3.05) is 36.5 Å². The number of primary amides is 1. The molecule has 1 saturated heterocycles. The average molecular weight is 235 g/mol. The van der Waals surface area contributed by atoms with Gasteiger partial charge in [0.05, 0.1) is 13.2 Å². The molecule has 1 aromatic rings. The van der Waals surface area contributed by atoms with Crippen molar-refractivity contribution in [3.8, 4) is 0 Å². The number of morpholine rings is 1. The summed E-state index contributed by atoms with van der Waals surface area (Å²) in [5.74, 6) is 0. The van der Waals surface area contributed by atoms with E-state index in [-0.39, 0.29) is 0 Å². The van der Waals surface area contributed by atoms with Crippen LogP contribution in [0.1, 0.15) is 5.56 Å². The molecular weight excluding hydrogens is 218 g/mol. The Bertz CT molecular complexity index is 414. The fourth-order valence-electron chi connectivity index (χ4n) is 2.03. The molecule has 0 bridgehead atoms. The van der Waals surface area contributed by atoms with Gasteiger partial charge in [-0.3, -0.25) is 0 Å². The second-order valence-corrected chi connectivity index (χ2v) is 4.09. The number of benzene rings is 1. The predicted octanol–water partition coefficient (Wildman–Crippen LogP) is 1.32. The van der Waals surface area contributed by atoms with Gasteiger partial charge in [0, 0.05) is 24.5 Å². The number of nitrogens with one attached hydrogen (secondary N) is 1. The summed E-state index contributed by atoms with van der Waals surface area (Å²) in [6, 6.07) is 5.26. The van der Waals surface area contributed by atoms with Gasteiger partial charge in [0.25, 0.3) is 0 Å². The van der Waals surface area contributed by atoms with E-state index in [1.54, 1.807) is 0 Å². The van der Waals surface area contributed by atoms with Crippen LogP contribution in [0.15, 0.2) is 18.2 Å². The van der Waals surface area contributed by atoms with E-state index in [1.165, 1.54) is 5.69 Å². The number of nitrogens with zero attached hydrogens (tertiary/aromatic N) is 1. The lowest BCUT2D eigenvalue weighted by Gasteiger charge is -2.30. The summed E-state index contributed by atoms with van der Waals surface area (Å²) in [6.07, 6.45) is 0. The Hall–Kier alpha value is -1.75. The van der Waals surface area contributed by atoms with Gasteiger partial charge in [-0.1, -0.05) is 0 Å². The molecule has 1 aliphatic heterocycles. The van der Waals surface area contributed by atoms with Crippen LogP contribution in [0, 0.1) is 6.92 Å². The highest BCUT2D eigenvalue weighted by atomic mass is 16.5. The molecule has 2 amide bonds. The van der Waals surface area contributed by atoms with E-state index < -0.39 is 6.03 Å². The molecular formula is C12H17N3O2. The van der Waals surface area contributed by atoms with Crippen molar-refractivity contribution in [2.24, 2.45) is 5.73 Å². The van der Waals surface area contributed by atoms with Crippen molar-refractivity contribution in [2.45, 2.75) is 6.92 Å². The van der Waals surface area contributed by atoms with Gasteiger partial charge in [-0.05, 0) is 30.7 Å². The lowest BCUT2D eigenvalue weighted by atomic mass is 10.1. The molecule has 0 saturated carbocycles. The average Bonchev–Trinajstić information content (AvgIpc) is 2.29. The number of nitrogens with two attached hydrogens (primary N) is 1. The summed E-state index contributed by atoms with van der Waals surface area (Å²) in [4.78, 5) is 13.0. The highest BCUT2D eigenvalue weighted by molar-refractivity contribution is 5.88. The van der Waals surface area contributed by atoms with Crippen molar-refractivity contribution in [1.82, 2.24) is 0 Å². The molecule has 1 heterocycles. The van der Waals surface area contributed by atoms with Crippen molar-refractivity contribution in [3.05, 3.63) is 23.8 Å². The van der Waals surface area contributed by atoms with Crippen molar-refractivity contribution < 1.29 is 9.53 Å². The highest BCUT2D eigenvalue weighted by Gasteiger charge is 2.13. The van der Waals surface area contributed by atoms with E-state index in [2.05, 4.69) is 10.2 Å². The van der Waals surface area contributed by atoms with Crippen LogP contribution < -0.4 is 16.0 Å². The molecule has 5 nitrogen and oxygen atoms in total. The molecule has 0 atom stereocenters. The monoisotopic (exact) mass is 235 g/mol. The van der Waals surface area contributed by atoms with Gasteiger partial charge in [-0.25, -0.2) is 4.79 Å². The molecule has 92 valence electrons. The van der Waals surface area contributed by atoms with Crippen LogP contribution in [0.4, 0.5) is 16.2 Å². The van der Waals surface area contributed by atoms with Crippen LogP contribution in [0.25, 0.3) is 0 Å². The first kappa shape index (κ1) is 11.7. The fourth-order valence-corrected chi connectivity index (χ4v) is 2.03. The normalized spacial score (nSPS) is 15.7. The van der Waals surface area contributed by atoms with Crippen LogP contribution in [0.5, 0.6) is 0 Å². The molecule has 17 heavy (non-hydrogen) atoms. The van der Waals surface area contributed by atoms with Crippen molar-refractivity contribution in [1.29, 1.82) is 0 Å². The first-order chi connectivity index (χ1) is 8.16. The molecule has 0 aliphatic carbocycles. The largest absolute Gasteiger partial charge is 0.378 e. The van der Waals surface area contributed by atoms with Gasteiger partial charge < -0.3 is 20.7 Å². The minimum Gasteiger partial charge on any atom is -0.378 e. The smallest absolute Gasteiger partial charge is 0.316 e. The molecule has 0 unspecified atom stereocenters. The van der Waals surface area contributed by atoms with E-state index in [9.17, 15) is 4.79 Å². The third-order valence-corrected chi connectivity index (χ3v) is 2.82. The first-order valence-electron chi connectivity index (χ1n) is 5.66. The summed E-state index contributed by atoms with van der Waals surface area (Å²) in [5.41, 5.74) is 8.11. The second-order valence-electron chi connectivity index (χ2n) is 4.09. The minimum absolute atomic E-state index is 0.538. The van der Waals surface area contributed by atoms with Gasteiger partial charge in [0.15, 0.2) is 0 Å². The maximum atomic E-state index is 10.8. The highest BCUT2D eigenvalue weighted by Crippen LogP contribution is 2.24. The van der Waals surface area contributed by atoms with Crippen molar-refractivity contribution >= 4 is 17.4 Å². The fraction of sp³-hybridized carbons (Fsp3) is 0.417. The van der Waals surface area contributed by atoms with E-state index in [0.717, 1.165) is 37.6 Å². The molecule has 1 aromatic carbocycles. The Balaban J connectivity index is 2.15. The molecule has 3 N–H and O–H groups in total. The Morgan fingerprint density at radius 1 is 1.41 bits per heavy atom. The molecule has 2 rings (SSSR count). The van der Waals surface area contributed by atoms with Gasteiger partial charge in [-0.15, -0.1) is 0 Å². The topological polar surface area (TPSA) is 67.6 Å². The van der Waals surface area contributed by atoms with Gasteiger partial charge >= 0.3 is 6.03 Å². The number of anilines is 2. The Morgan fingerprint density at radius 3 is 2.71 bits per heavy atom. The maximum Gasteiger partial charge on any atom is 0.316 e. The first-order valence-corrected chi connectivity index (χ1v) is 5.66.